The summed E-state index contributed by atoms with van der Waals surface area (Å²) in [7, 11) is -1.98. The second-order valence-corrected chi connectivity index (χ2v) is 7.99. The number of aryl methyl sites for hydroxylation is 1. The average Bonchev–Trinajstić information content (AvgIpc) is 2.53. The average molecular weight is 331 g/mol. The Hall–Kier alpha value is -2.14. The molecule has 4 nitrogen and oxygen atoms in total. The van der Waals surface area contributed by atoms with Gasteiger partial charge >= 0.3 is 0 Å². The van der Waals surface area contributed by atoms with E-state index in [2.05, 4.69) is 0 Å². The van der Waals surface area contributed by atoms with Crippen LogP contribution in [0.5, 0.6) is 0 Å². The Bertz CT molecular complexity index is 785. The van der Waals surface area contributed by atoms with Crippen LogP contribution in [-0.2, 0) is 20.4 Å². The molecule has 0 aliphatic heterocycles. The van der Waals surface area contributed by atoms with Crippen molar-refractivity contribution in [2.75, 3.05) is 11.9 Å². The van der Waals surface area contributed by atoms with Gasteiger partial charge in [0.15, 0.2) is 9.84 Å². The van der Waals surface area contributed by atoms with E-state index in [1.165, 1.54) is 11.8 Å². The number of hydrogen-bond acceptors (Lipinski definition) is 3. The Morgan fingerprint density at radius 2 is 1.74 bits per heavy atom. The molecule has 0 bridgehead atoms. The quantitative estimate of drug-likeness (QED) is 0.846. The molecule has 1 amide bonds. The van der Waals surface area contributed by atoms with Gasteiger partial charge in [0.2, 0.25) is 5.91 Å². The van der Waals surface area contributed by atoms with E-state index in [9.17, 15) is 13.2 Å². The Kier molecular flexibility index (Phi) is 5.21. The van der Waals surface area contributed by atoms with Crippen molar-refractivity contribution in [2.24, 2.45) is 0 Å². The third-order valence-corrected chi connectivity index (χ3v) is 5.83. The number of benzene rings is 2. The summed E-state index contributed by atoms with van der Waals surface area (Å²) in [4.78, 5) is 13.9. The first-order valence-electron chi connectivity index (χ1n) is 7.41. The highest BCUT2D eigenvalue weighted by atomic mass is 32.2. The summed E-state index contributed by atoms with van der Waals surface area (Å²) in [6, 6.07) is 16.3. The Morgan fingerprint density at radius 1 is 1.09 bits per heavy atom. The van der Waals surface area contributed by atoms with Crippen molar-refractivity contribution in [1.29, 1.82) is 0 Å². The molecule has 2 rings (SSSR count). The van der Waals surface area contributed by atoms with Gasteiger partial charge in [0.1, 0.15) is 5.25 Å². The van der Waals surface area contributed by atoms with Gasteiger partial charge in [-0.3, -0.25) is 4.79 Å². The molecule has 0 saturated carbocycles. The highest BCUT2D eigenvalue weighted by Gasteiger charge is 2.30. The van der Waals surface area contributed by atoms with Gasteiger partial charge in [-0.25, -0.2) is 8.42 Å². The van der Waals surface area contributed by atoms with Crippen LogP contribution in [0.1, 0.15) is 18.1 Å². The van der Waals surface area contributed by atoms with Crippen LogP contribution in [0.3, 0.4) is 0 Å². The van der Waals surface area contributed by atoms with Crippen LogP contribution < -0.4 is 4.90 Å². The number of amides is 1. The van der Waals surface area contributed by atoms with E-state index in [-0.39, 0.29) is 5.75 Å². The zero-order chi connectivity index (χ0) is 17.0. The van der Waals surface area contributed by atoms with Crippen molar-refractivity contribution in [3.63, 3.8) is 0 Å². The molecule has 2 aromatic rings. The zero-order valence-electron chi connectivity index (χ0n) is 13.6. The summed E-state index contributed by atoms with van der Waals surface area (Å²) in [5, 5.41) is -1.09. The molecule has 0 fully saturated rings. The number of nitrogens with zero attached hydrogens (tertiary/aromatic N) is 1. The van der Waals surface area contributed by atoms with Crippen LogP contribution in [-0.4, -0.2) is 26.6 Å². The molecule has 0 aliphatic rings. The lowest BCUT2D eigenvalue weighted by Crippen LogP contribution is -2.39. The highest BCUT2D eigenvalue weighted by Crippen LogP contribution is 2.18. The monoisotopic (exact) mass is 331 g/mol. The van der Waals surface area contributed by atoms with Crippen molar-refractivity contribution in [1.82, 2.24) is 0 Å². The van der Waals surface area contributed by atoms with Crippen molar-refractivity contribution < 1.29 is 13.2 Å². The molecule has 23 heavy (non-hydrogen) atoms. The summed E-state index contributed by atoms with van der Waals surface area (Å²) in [5.41, 5.74) is 2.38. The lowest BCUT2D eigenvalue weighted by atomic mass is 10.2. The number of hydrogen-bond donors (Lipinski definition) is 0. The van der Waals surface area contributed by atoms with Gasteiger partial charge in [-0.1, -0.05) is 48.0 Å². The first kappa shape index (κ1) is 17.2. The minimum absolute atomic E-state index is 0.135. The van der Waals surface area contributed by atoms with E-state index >= 15 is 0 Å². The lowest BCUT2D eigenvalue weighted by molar-refractivity contribution is -0.117. The molecule has 1 atom stereocenters. The molecule has 0 aromatic heterocycles. The van der Waals surface area contributed by atoms with Gasteiger partial charge in [-0.15, -0.1) is 0 Å². The lowest BCUT2D eigenvalue weighted by Gasteiger charge is -2.21. The molecule has 5 heteroatoms. The van der Waals surface area contributed by atoms with Gasteiger partial charge in [0, 0.05) is 12.7 Å². The van der Waals surface area contributed by atoms with Crippen molar-refractivity contribution in [3.8, 4) is 0 Å². The Balaban J connectivity index is 2.17. The second kappa shape index (κ2) is 6.96. The van der Waals surface area contributed by atoms with Gasteiger partial charge < -0.3 is 4.90 Å². The molecule has 2 aromatic carbocycles. The van der Waals surface area contributed by atoms with Crippen molar-refractivity contribution >= 4 is 21.4 Å². The van der Waals surface area contributed by atoms with E-state index in [1.807, 2.05) is 43.3 Å². The summed E-state index contributed by atoms with van der Waals surface area (Å²) < 4.78 is 25.1. The molecule has 0 aliphatic carbocycles. The molecule has 0 spiro atoms. The molecule has 0 unspecified atom stereocenters. The van der Waals surface area contributed by atoms with E-state index in [0.29, 0.717) is 11.3 Å². The zero-order valence-corrected chi connectivity index (χ0v) is 14.4. The predicted molar refractivity (Wildman–Crippen MR) is 93.1 cm³/mol. The predicted octanol–water partition coefficient (Wildman–Crippen LogP) is 2.96. The van der Waals surface area contributed by atoms with Crippen LogP contribution in [0, 0.1) is 6.92 Å². The summed E-state index contributed by atoms with van der Waals surface area (Å²) in [6.07, 6.45) is 0. The number of carbonyl (C=O) groups is 1. The van der Waals surface area contributed by atoms with Gasteiger partial charge in [-0.05, 0) is 31.5 Å². The fraction of sp³-hybridized carbons (Fsp3) is 0.278. The third kappa shape index (κ3) is 4.20. The van der Waals surface area contributed by atoms with E-state index < -0.39 is 21.0 Å². The Labute approximate surface area is 137 Å². The Morgan fingerprint density at radius 3 is 2.35 bits per heavy atom. The topological polar surface area (TPSA) is 54.5 Å². The smallest absolute Gasteiger partial charge is 0.244 e. The van der Waals surface area contributed by atoms with E-state index in [1.54, 1.807) is 25.2 Å². The van der Waals surface area contributed by atoms with Crippen LogP contribution in [0.2, 0.25) is 0 Å². The van der Waals surface area contributed by atoms with Crippen LogP contribution in [0.25, 0.3) is 0 Å². The van der Waals surface area contributed by atoms with Crippen LogP contribution in [0.4, 0.5) is 5.69 Å². The van der Waals surface area contributed by atoms with E-state index in [0.717, 1.165) is 5.56 Å². The molecule has 0 N–H and O–H groups in total. The summed E-state index contributed by atoms with van der Waals surface area (Å²) >= 11 is 0. The number of sulfone groups is 1. The van der Waals surface area contributed by atoms with E-state index in [4.69, 9.17) is 0 Å². The SMILES string of the molecule is Cc1cccc(CS(=O)(=O)[C@H](C)C(=O)N(C)c2ccccc2)c1. The first-order chi connectivity index (χ1) is 10.8. The maximum Gasteiger partial charge on any atom is 0.244 e. The molecule has 0 radical (unpaired) electrons. The minimum Gasteiger partial charge on any atom is -0.314 e. The fourth-order valence-electron chi connectivity index (χ4n) is 2.36. The van der Waals surface area contributed by atoms with Crippen molar-refractivity contribution in [3.05, 3.63) is 65.7 Å². The standard InChI is InChI=1S/C18H21NO3S/c1-14-8-7-9-16(12-14)13-23(21,22)15(2)18(20)19(3)17-10-5-4-6-11-17/h4-12,15H,13H2,1-3H3/t15-/m1/s1. The highest BCUT2D eigenvalue weighted by molar-refractivity contribution is 7.92. The molecule has 122 valence electrons. The largest absolute Gasteiger partial charge is 0.314 e. The van der Waals surface area contributed by atoms with Gasteiger partial charge in [0.05, 0.1) is 5.75 Å². The molecular weight excluding hydrogens is 310 g/mol. The van der Waals surface area contributed by atoms with Crippen LogP contribution in [0.15, 0.2) is 54.6 Å². The maximum absolute atomic E-state index is 12.5. The van der Waals surface area contributed by atoms with Crippen LogP contribution >= 0.6 is 0 Å². The number of para-hydroxylation sites is 1. The summed E-state index contributed by atoms with van der Waals surface area (Å²) in [6.45, 7) is 3.36. The summed E-state index contributed by atoms with van der Waals surface area (Å²) in [5.74, 6) is -0.562. The number of rotatable bonds is 5. The number of carbonyl (C=O) groups excluding carboxylic acids is 1. The molecule has 0 saturated heterocycles. The van der Waals surface area contributed by atoms with Gasteiger partial charge in [-0.2, -0.15) is 0 Å². The number of anilines is 1. The fourth-order valence-corrected chi connectivity index (χ4v) is 3.72. The molecular formula is C18H21NO3S. The molecule has 0 heterocycles. The second-order valence-electron chi connectivity index (χ2n) is 5.67. The normalized spacial score (nSPS) is 12.7. The minimum atomic E-state index is -3.57. The first-order valence-corrected chi connectivity index (χ1v) is 9.12. The van der Waals surface area contributed by atoms with Crippen molar-refractivity contribution in [2.45, 2.75) is 24.9 Å². The van der Waals surface area contributed by atoms with Gasteiger partial charge in [0.25, 0.3) is 0 Å². The third-order valence-electron chi connectivity index (χ3n) is 3.81. The maximum atomic E-state index is 12.5.